The minimum absolute atomic E-state index is 0.352. The standard InChI is InChI=1S/C10H17F4N/c1-2-3-4-5-6-15-7-9(11,12)10(13,14)8-15/h2-8H2,1H3. The van der Waals surface area contributed by atoms with E-state index in [1.165, 1.54) is 0 Å². The molecule has 0 aromatic carbocycles. The Morgan fingerprint density at radius 2 is 1.47 bits per heavy atom. The van der Waals surface area contributed by atoms with E-state index < -0.39 is 24.9 Å². The highest BCUT2D eigenvalue weighted by Crippen LogP contribution is 2.40. The van der Waals surface area contributed by atoms with Crippen molar-refractivity contribution in [3.63, 3.8) is 0 Å². The van der Waals surface area contributed by atoms with Crippen molar-refractivity contribution in [3.8, 4) is 0 Å². The summed E-state index contributed by atoms with van der Waals surface area (Å²) in [6.45, 7) is 0.793. The fourth-order valence-electron chi connectivity index (χ4n) is 1.77. The van der Waals surface area contributed by atoms with Gasteiger partial charge in [0.05, 0.1) is 13.1 Å². The van der Waals surface area contributed by atoms with E-state index in [-0.39, 0.29) is 0 Å². The minimum atomic E-state index is -3.85. The van der Waals surface area contributed by atoms with Crippen LogP contribution >= 0.6 is 0 Å². The van der Waals surface area contributed by atoms with Crippen molar-refractivity contribution in [1.82, 2.24) is 4.90 Å². The molecule has 1 aliphatic heterocycles. The van der Waals surface area contributed by atoms with Crippen LogP contribution in [0, 0.1) is 0 Å². The van der Waals surface area contributed by atoms with Crippen LogP contribution in [-0.2, 0) is 0 Å². The number of hydrogen-bond acceptors (Lipinski definition) is 1. The topological polar surface area (TPSA) is 3.24 Å². The van der Waals surface area contributed by atoms with Gasteiger partial charge in [0.2, 0.25) is 0 Å². The monoisotopic (exact) mass is 227 g/mol. The summed E-state index contributed by atoms with van der Waals surface area (Å²) < 4.78 is 51.0. The zero-order chi connectivity index (χ0) is 11.5. The molecule has 0 aliphatic carbocycles. The number of rotatable bonds is 5. The Hall–Kier alpha value is -0.320. The third-order valence-electron chi connectivity index (χ3n) is 2.71. The predicted molar refractivity (Wildman–Crippen MR) is 50.5 cm³/mol. The maximum atomic E-state index is 12.8. The second kappa shape index (κ2) is 4.68. The van der Waals surface area contributed by atoms with Gasteiger partial charge in [0, 0.05) is 0 Å². The molecule has 0 bridgehead atoms. The van der Waals surface area contributed by atoms with Gasteiger partial charge in [-0.15, -0.1) is 0 Å². The summed E-state index contributed by atoms with van der Waals surface area (Å²) >= 11 is 0. The third-order valence-corrected chi connectivity index (χ3v) is 2.71. The van der Waals surface area contributed by atoms with Crippen LogP contribution in [0.3, 0.4) is 0 Å². The molecule has 0 N–H and O–H groups in total. The van der Waals surface area contributed by atoms with Crippen molar-refractivity contribution in [3.05, 3.63) is 0 Å². The molecule has 1 rings (SSSR count). The predicted octanol–water partition coefficient (Wildman–Crippen LogP) is 3.15. The second-order valence-corrected chi connectivity index (χ2v) is 4.18. The summed E-state index contributed by atoms with van der Waals surface area (Å²) in [5, 5.41) is 0. The average Bonchev–Trinajstić information content (AvgIpc) is 2.30. The van der Waals surface area contributed by atoms with E-state index in [9.17, 15) is 17.6 Å². The van der Waals surface area contributed by atoms with Crippen LogP contribution in [-0.4, -0.2) is 36.4 Å². The Morgan fingerprint density at radius 3 is 1.93 bits per heavy atom. The van der Waals surface area contributed by atoms with Crippen LogP contribution in [0.5, 0.6) is 0 Å². The molecule has 0 saturated carbocycles. The lowest BCUT2D eigenvalue weighted by molar-refractivity contribution is -0.172. The molecule has 5 heteroatoms. The number of alkyl halides is 4. The van der Waals surface area contributed by atoms with Crippen LogP contribution in [0.15, 0.2) is 0 Å². The molecule has 1 nitrogen and oxygen atoms in total. The fourth-order valence-corrected chi connectivity index (χ4v) is 1.77. The minimum Gasteiger partial charge on any atom is -0.291 e. The highest BCUT2D eigenvalue weighted by atomic mass is 19.3. The maximum Gasteiger partial charge on any atom is 0.323 e. The van der Waals surface area contributed by atoms with Gasteiger partial charge in [0.1, 0.15) is 0 Å². The van der Waals surface area contributed by atoms with E-state index in [2.05, 4.69) is 0 Å². The lowest BCUT2D eigenvalue weighted by Gasteiger charge is -2.15. The highest BCUT2D eigenvalue weighted by Gasteiger charge is 2.62. The first-order chi connectivity index (χ1) is 6.89. The summed E-state index contributed by atoms with van der Waals surface area (Å²) in [5.41, 5.74) is 0. The molecule has 0 spiro atoms. The lowest BCUT2D eigenvalue weighted by Crippen LogP contribution is -2.38. The smallest absolute Gasteiger partial charge is 0.291 e. The van der Waals surface area contributed by atoms with Crippen molar-refractivity contribution in [2.45, 2.75) is 44.5 Å². The van der Waals surface area contributed by atoms with Gasteiger partial charge in [-0.1, -0.05) is 26.2 Å². The third kappa shape index (κ3) is 3.06. The molecule has 0 aromatic rings. The summed E-state index contributed by atoms with van der Waals surface area (Å²) in [4.78, 5) is 1.16. The Morgan fingerprint density at radius 1 is 0.933 bits per heavy atom. The SMILES string of the molecule is CCCCCCN1CC(F)(F)C(F)(F)C1. The molecule has 1 saturated heterocycles. The van der Waals surface area contributed by atoms with Gasteiger partial charge in [-0.3, -0.25) is 4.90 Å². The lowest BCUT2D eigenvalue weighted by atomic mass is 10.2. The zero-order valence-electron chi connectivity index (χ0n) is 8.91. The van der Waals surface area contributed by atoms with Gasteiger partial charge in [-0.2, -0.15) is 17.6 Å². The molecule has 0 atom stereocenters. The first-order valence-corrected chi connectivity index (χ1v) is 5.37. The van der Waals surface area contributed by atoms with Crippen molar-refractivity contribution in [2.24, 2.45) is 0 Å². The second-order valence-electron chi connectivity index (χ2n) is 4.18. The van der Waals surface area contributed by atoms with Gasteiger partial charge >= 0.3 is 11.8 Å². The molecule has 1 aliphatic rings. The highest BCUT2D eigenvalue weighted by molar-refractivity contribution is 4.96. The van der Waals surface area contributed by atoms with Gasteiger partial charge in [-0.05, 0) is 13.0 Å². The molecule has 0 unspecified atom stereocenters. The Labute approximate surface area is 87.4 Å². The van der Waals surface area contributed by atoms with E-state index >= 15 is 0 Å². The number of unbranched alkanes of at least 4 members (excludes halogenated alkanes) is 3. The first-order valence-electron chi connectivity index (χ1n) is 5.37. The molecule has 15 heavy (non-hydrogen) atoms. The van der Waals surface area contributed by atoms with Gasteiger partial charge in [0.25, 0.3) is 0 Å². The Bertz CT molecular complexity index is 190. The quantitative estimate of drug-likeness (QED) is 0.515. The molecule has 90 valence electrons. The molecule has 0 radical (unpaired) electrons. The van der Waals surface area contributed by atoms with Crippen LogP contribution in [0.2, 0.25) is 0 Å². The molecular formula is C10H17F4N. The average molecular weight is 227 g/mol. The molecule has 1 heterocycles. The van der Waals surface area contributed by atoms with Crippen LogP contribution in [0.1, 0.15) is 32.6 Å². The molecular weight excluding hydrogens is 210 g/mol. The van der Waals surface area contributed by atoms with E-state index in [0.29, 0.717) is 6.54 Å². The van der Waals surface area contributed by atoms with Gasteiger partial charge in [-0.25, -0.2) is 0 Å². The largest absolute Gasteiger partial charge is 0.323 e. The maximum absolute atomic E-state index is 12.8. The number of likely N-dealkylation sites (tertiary alicyclic amines) is 1. The van der Waals surface area contributed by atoms with Crippen LogP contribution < -0.4 is 0 Å². The number of halogens is 4. The van der Waals surface area contributed by atoms with E-state index in [1.807, 2.05) is 6.92 Å². The molecule has 0 aromatic heterocycles. The van der Waals surface area contributed by atoms with Crippen molar-refractivity contribution >= 4 is 0 Å². The number of nitrogens with zero attached hydrogens (tertiary/aromatic N) is 1. The van der Waals surface area contributed by atoms with Crippen molar-refractivity contribution in [1.29, 1.82) is 0 Å². The summed E-state index contributed by atoms with van der Waals surface area (Å²) in [5.74, 6) is -7.70. The number of hydrogen-bond donors (Lipinski definition) is 0. The zero-order valence-corrected chi connectivity index (χ0v) is 8.91. The fraction of sp³-hybridized carbons (Fsp3) is 1.00. The molecule has 0 amide bonds. The molecule has 1 fully saturated rings. The Kier molecular flexibility index (Phi) is 3.98. The van der Waals surface area contributed by atoms with E-state index in [1.54, 1.807) is 0 Å². The van der Waals surface area contributed by atoms with Crippen LogP contribution in [0.25, 0.3) is 0 Å². The van der Waals surface area contributed by atoms with Crippen molar-refractivity contribution in [2.75, 3.05) is 19.6 Å². The normalized spacial score (nSPS) is 24.6. The van der Waals surface area contributed by atoms with E-state index in [0.717, 1.165) is 30.6 Å². The van der Waals surface area contributed by atoms with Gasteiger partial charge in [0.15, 0.2) is 0 Å². The summed E-state index contributed by atoms with van der Waals surface area (Å²) in [6.07, 6.45) is 3.72. The Balaban J connectivity index is 2.30. The van der Waals surface area contributed by atoms with Gasteiger partial charge < -0.3 is 0 Å². The summed E-state index contributed by atoms with van der Waals surface area (Å²) in [6, 6.07) is 0. The van der Waals surface area contributed by atoms with Crippen molar-refractivity contribution < 1.29 is 17.6 Å². The van der Waals surface area contributed by atoms with E-state index in [4.69, 9.17) is 0 Å². The first kappa shape index (κ1) is 12.7. The van der Waals surface area contributed by atoms with Crippen LogP contribution in [0.4, 0.5) is 17.6 Å². The summed E-state index contributed by atoms with van der Waals surface area (Å²) in [7, 11) is 0.